The zero-order valence-corrected chi connectivity index (χ0v) is 13.0. The van der Waals surface area contributed by atoms with Gasteiger partial charge in [0.25, 0.3) is 0 Å². The summed E-state index contributed by atoms with van der Waals surface area (Å²) < 4.78 is 10.5. The van der Waals surface area contributed by atoms with Crippen LogP contribution in [0.5, 0.6) is 5.75 Å². The third-order valence-electron chi connectivity index (χ3n) is 3.27. The Morgan fingerprint density at radius 2 is 1.91 bits per heavy atom. The van der Waals surface area contributed by atoms with Crippen LogP contribution in [0.1, 0.15) is 11.1 Å². The Labute approximate surface area is 135 Å². The van der Waals surface area contributed by atoms with Gasteiger partial charge >= 0.3 is 5.69 Å². The molecule has 0 aliphatic carbocycles. The van der Waals surface area contributed by atoms with Gasteiger partial charge in [-0.25, -0.2) is 0 Å². The van der Waals surface area contributed by atoms with Crippen molar-refractivity contribution in [3.05, 3.63) is 69.8 Å². The van der Waals surface area contributed by atoms with Crippen molar-refractivity contribution in [2.45, 2.75) is 13.2 Å². The lowest BCUT2D eigenvalue weighted by Gasteiger charge is -2.09. The first-order chi connectivity index (χ1) is 11.2. The van der Waals surface area contributed by atoms with Crippen LogP contribution in [0.4, 0.5) is 5.69 Å². The average molecular weight is 316 g/mol. The van der Waals surface area contributed by atoms with E-state index in [1.54, 1.807) is 19.2 Å². The van der Waals surface area contributed by atoms with E-state index in [1.165, 1.54) is 0 Å². The number of hydrogen-bond donors (Lipinski definition) is 1. The molecule has 0 aliphatic heterocycles. The third-order valence-corrected chi connectivity index (χ3v) is 3.27. The molecule has 0 saturated heterocycles. The van der Waals surface area contributed by atoms with Crippen molar-refractivity contribution in [3.8, 4) is 5.75 Å². The Morgan fingerprint density at radius 1 is 1.13 bits per heavy atom. The van der Waals surface area contributed by atoms with Crippen LogP contribution in [0.3, 0.4) is 0 Å². The maximum absolute atomic E-state index is 11.2. The van der Waals surface area contributed by atoms with Crippen molar-refractivity contribution >= 4 is 5.69 Å². The van der Waals surface area contributed by atoms with Gasteiger partial charge in [-0.15, -0.1) is 0 Å². The Balaban J connectivity index is 2.02. The highest BCUT2D eigenvalue weighted by Gasteiger charge is 2.16. The molecule has 0 spiro atoms. The van der Waals surface area contributed by atoms with Crippen LogP contribution in [-0.2, 0) is 17.9 Å². The van der Waals surface area contributed by atoms with E-state index < -0.39 is 4.92 Å². The smallest absolute Gasteiger partial charge is 0.311 e. The van der Waals surface area contributed by atoms with E-state index in [9.17, 15) is 10.1 Å². The number of nitro groups is 1. The molecule has 0 aliphatic rings. The van der Waals surface area contributed by atoms with Crippen molar-refractivity contribution in [3.63, 3.8) is 0 Å². The van der Waals surface area contributed by atoms with Gasteiger partial charge in [-0.3, -0.25) is 10.1 Å². The number of nitrogens with one attached hydrogen (secondary N) is 1. The van der Waals surface area contributed by atoms with Crippen molar-refractivity contribution in [2.24, 2.45) is 0 Å². The van der Waals surface area contributed by atoms with Crippen LogP contribution in [0.15, 0.2) is 48.5 Å². The largest absolute Gasteiger partial charge is 0.482 e. The SMILES string of the molecule is COCCNCc1ccc(OCc2ccccc2)c([N+](=O)[O-])c1. The molecule has 0 heterocycles. The molecule has 0 aromatic heterocycles. The molecule has 2 rings (SSSR count). The molecule has 6 heteroatoms. The molecule has 0 saturated carbocycles. The molecule has 6 nitrogen and oxygen atoms in total. The number of hydrogen-bond acceptors (Lipinski definition) is 5. The maximum Gasteiger partial charge on any atom is 0.311 e. The minimum Gasteiger partial charge on any atom is -0.482 e. The Hall–Kier alpha value is -2.44. The normalized spacial score (nSPS) is 10.5. The van der Waals surface area contributed by atoms with Gasteiger partial charge in [0.2, 0.25) is 0 Å². The lowest BCUT2D eigenvalue weighted by molar-refractivity contribution is -0.386. The lowest BCUT2D eigenvalue weighted by Crippen LogP contribution is -2.18. The Morgan fingerprint density at radius 3 is 2.61 bits per heavy atom. The van der Waals surface area contributed by atoms with E-state index in [-0.39, 0.29) is 11.4 Å². The summed E-state index contributed by atoms with van der Waals surface area (Å²) in [6.45, 7) is 2.13. The number of nitro benzene ring substituents is 1. The molecule has 23 heavy (non-hydrogen) atoms. The molecular formula is C17H20N2O4. The summed E-state index contributed by atoms with van der Waals surface area (Å²) in [5.41, 5.74) is 1.78. The second-order valence-corrected chi connectivity index (χ2v) is 5.00. The molecule has 0 atom stereocenters. The second kappa shape index (κ2) is 8.87. The summed E-state index contributed by atoms with van der Waals surface area (Å²) in [7, 11) is 1.63. The fraction of sp³-hybridized carbons (Fsp3) is 0.294. The zero-order chi connectivity index (χ0) is 16.5. The van der Waals surface area contributed by atoms with Gasteiger partial charge < -0.3 is 14.8 Å². The van der Waals surface area contributed by atoms with Crippen LogP contribution >= 0.6 is 0 Å². The van der Waals surface area contributed by atoms with Gasteiger partial charge in [0.15, 0.2) is 5.75 Å². The fourth-order valence-corrected chi connectivity index (χ4v) is 2.08. The first-order valence-electron chi connectivity index (χ1n) is 7.34. The van der Waals surface area contributed by atoms with E-state index >= 15 is 0 Å². The second-order valence-electron chi connectivity index (χ2n) is 5.00. The topological polar surface area (TPSA) is 73.6 Å². The highest BCUT2D eigenvalue weighted by molar-refractivity contribution is 5.48. The van der Waals surface area contributed by atoms with Gasteiger partial charge in [-0.1, -0.05) is 36.4 Å². The van der Waals surface area contributed by atoms with Crippen molar-refractivity contribution in [1.82, 2.24) is 5.32 Å². The molecule has 0 fully saturated rings. The van der Waals surface area contributed by atoms with E-state index in [0.717, 1.165) is 11.1 Å². The quantitative estimate of drug-likeness (QED) is 0.437. The number of nitrogens with zero attached hydrogens (tertiary/aromatic N) is 1. The van der Waals surface area contributed by atoms with Crippen LogP contribution in [0, 0.1) is 10.1 Å². The van der Waals surface area contributed by atoms with Gasteiger partial charge in [0.1, 0.15) is 6.61 Å². The maximum atomic E-state index is 11.2. The molecule has 0 radical (unpaired) electrons. The highest BCUT2D eigenvalue weighted by Crippen LogP contribution is 2.28. The van der Waals surface area contributed by atoms with E-state index in [4.69, 9.17) is 9.47 Å². The van der Waals surface area contributed by atoms with Gasteiger partial charge in [-0.2, -0.15) is 0 Å². The summed E-state index contributed by atoms with van der Waals surface area (Å²) in [4.78, 5) is 10.8. The lowest BCUT2D eigenvalue weighted by atomic mass is 10.2. The van der Waals surface area contributed by atoms with E-state index in [0.29, 0.717) is 26.3 Å². The molecular weight excluding hydrogens is 296 g/mol. The van der Waals surface area contributed by atoms with Crippen molar-refractivity contribution in [2.75, 3.05) is 20.3 Å². The van der Waals surface area contributed by atoms with Crippen molar-refractivity contribution < 1.29 is 14.4 Å². The molecule has 0 amide bonds. The fourth-order valence-electron chi connectivity index (χ4n) is 2.08. The van der Waals surface area contributed by atoms with E-state index in [1.807, 2.05) is 36.4 Å². The van der Waals surface area contributed by atoms with Gasteiger partial charge in [-0.05, 0) is 17.2 Å². The minimum atomic E-state index is -0.418. The number of methoxy groups -OCH3 is 1. The minimum absolute atomic E-state index is 0.0213. The standard InChI is InChI=1S/C17H20N2O4/c1-22-10-9-18-12-15-7-8-17(16(11-15)19(20)21)23-13-14-5-3-2-4-6-14/h2-8,11,18H,9-10,12-13H2,1H3. The first kappa shape index (κ1) is 16.9. The van der Waals surface area contributed by atoms with Gasteiger partial charge in [0.05, 0.1) is 11.5 Å². The summed E-state index contributed by atoms with van der Waals surface area (Å²) in [6.07, 6.45) is 0. The number of rotatable bonds is 9. The monoisotopic (exact) mass is 316 g/mol. The molecule has 0 unspecified atom stereocenters. The zero-order valence-electron chi connectivity index (χ0n) is 13.0. The first-order valence-corrected chi connectivity index (χ1v) is 7.34. The molecule has 2 aromatic rings. The summed E-state index contributed by atoms with van der Waals surface area (Å²) in [5.74, 6) is 0.277. The number of benzene rings is 2. The van der Waals surface area contributed by atoms with Gasteiger partial charge in [0, 0.05) is 26.3 Å². The molecule has 122 valence electrons. The Kier molecular flexibility index (Phi) is 6.53. The van der Waals surface area contributed by atoms with Crippen LogP contribution in [0.2, 0.25) is 0 Å². The van der Waals surface area contributed by atoms with E-state index in [2.05, 4.69) is 5.32 Å². The highest BCUT2D eigenvalue weighted by atomic mass is 16.6. The predicted molar refractivity (Wildman–Crippen MR) is 87.5 cm³/mol. The average Bonchev–Trinajstić information content (AvgIpc) is 2.58. The molecule has 1 N–H and O–H groups in total. The Bertz CT molecular complexity index is 632. The van der Waals surface area contributed by atoms with Crippen LogP contribution in [0.25, 0.3) is 0 Å². The third kappa shape index (κ3) is 5.36. The summed E-state index contributed by atoms with van der Waals surface area (Å²) >= 11 is 0. The molecule has 0 bridgehead atoms. The van der Waals surface area contributed by atoms with Crippen molar-refractivity contribution in [1.29, 1.82) is 0 Å². The number of ether oxygens (including phenoxy) is 2. The molecule has 2 aromatic carbocycles. The summed E-state index contributed by atoms with van der Waals surface area (Å²) in [6, 6.07) is 14.6. The van der Waals surface area contributed by atoms with Crippen LogP contribution in [-0.4, -0.2) is 25.2 Å². The van der Waals surface area contributed by atoms with Crippen LogP contribution < -0.4 is 10.1 Å². The summed E-state index contributed by atoms with van der Waals surface area (Å²) in [5, 5.41) is 14.4. The predicted octanol–water partition coefficient (Wildman–Crippen LogP) is 2.91.